The zero-order chi connectivity index (χ0) is 14.1. The molecule has 0 aliphatic heterocycles. The van der Waals surface area contributed by atoms with Crippen molar-refractivity contribution >= 4 is 17.0 Å². The second-order valence-electron chi connectivity index (χ2n) is 4.94. The van der Waals surface area contributed by atoms with E-state index in [-0.39, 0.29) is 0 Å². The molecule has 0 bridgehead atoms. The molecule has 3 heteroatoms. The summed E-state index contributed by atoms with van der Waals surface area (Å²) in [6, 6.07) is 14.3. The first-order valence-corrected chi connectivity index (χ1v) is 7.41. The van der Waals surface area contributed by atoms with Crippen LogP contribution >= 0.6 is 11.3 Å². The van der Waals surface area contributed by atoms with Gasteiger partial charge in [0, 0.05) is 22.2 Å². The Kier molecular flexibility index (Phi) is 3.28. The van der Waals surface area contributed by atoms with Gasteiger partial charge in [0.15, 0.2) is 0 Å². The highest BCUT2D eigenvalue weighted by Gasteiger charge is 2.10. The number of nitrogen functional groups attached to an aromatic ring is 1. The lowest BCUT2D eigenvalue weighted by molar-refractivity contribution is 1.34. The van der Waals surface area contributed by atoms with E-state index in [4.69, 9.17) is 10.7 Å². The predicted octanol–water partition coefficient (Wildman–Crippen LogP) is 4.68. The molecule has 1 heterocycles. The fourth-order valence-corrected chi connectivity index (χ4v) is 3.09. The molecule has 0 atom stereocenters. The molecule has 2 nitrogen and oxygen atoms in total. The zero-order valence-electron chi connectivity index (χ0n) is 11.6. The van der Waals surface area contributed by atoms with Crippen molar-refractivity contribution in [3.8, 4) is 21.8 Å². The lowest BCUT2D eigenvalue weighted by atomic mass is 10.0. The third-order valence-electron chi connectivity index (χ3n) is 3.36. The van der Waals surface area contributed by atoms with E-state index in [1.165, 1.54) is 16.7 Å². The second-order valence-corrected chi connectivity index (χ2v) is 5.80. The number of para-hydroxylation sites is 1. The second kappa shape index (κ2) is 5.10. The molecule has 0 aliphatic carbocycles. The van der Waals surface area contributed by atoms with E-state index in [0.717, 1.165) is 22.0 Å². The zero-order valence-corrected chi connectivity index (χ0v) is 12.4. The van der Waals surface area contributed by atoms with Gasteiger partial charge in [0.2, 0.25) is 0 Å². The molecule has 0 radical (unpaired) electrons. The highest BCUT2D eigenvalue weighted by molar-refractivity contribution is 7.13. The third-order valence-corrected chi connectivity index (χ3v) is 4.24. The van der Waals surface area contributed by atoms with E-state index >= 15 is 0 Å². The number of anilines is 1. The number of nitrogens with two attached hydrogens (primary N) is 1. The van der Waals surface area contributed by atoms with Gasteiger partial charge in [-0.1, -0.05) is 29.8 Å². The molecule has 0 amide bonds. The molecule has 0 aliphatic rings. The smallest absolute Gasteiger partial charge is 0.126 e. The number of nitrogens with zero attached hydrogens (tertiary/aromatic N) is 1. The Bertz CT molecular complexity index is 759. The molecular formula is C17H16N2S. The van der Waals surface area contributed by atoms with E-state index in [1.807, 2.05) is 24.3 Å². The Morgan fingerprint density at radius 2 is 1.80 bits per heavy atom. The monoisotopic (exact) mass is 280 g/mol. The molecule has 0 spiro atoms. The van der Waals surface area contributed by atoms with E-state index < -0.39 is 0 Å². The summed E-state index contributed by atoms with van der Waals surface area (Å²) < 4.78 is 0. The first-order chi connectivity index (χ1) is 9.65. The summed E-state index contributed by atoms with van der Waals surface area (Å²) in [4.78, 5) is 4.75. The molecular weight excluding hydrogens is 264 g/mol. The third kappa shape index (κ3) is 2.32. The van der Waals surface area contributed by atoms with Crippen LogP contribution < -0.4 is 5.73 Å². The van der Waals surface area contributed by atoms with E-state index in [1.54, 1.807) is 11.3 Å². The predicted molar refractivity (Wildman–Crippen MR) is 86.9 cm³/mol. The van der Waals surface area contributed by atoms with Gasteiger partial charge in [0.05, 0.1) is 5.69 Å². The van der Waals surface area contributed by atoms with Crippen molar-refractivity contribution < 1.29 is 0 Å². The normalized spacial score (nSPS) is 10.7. The Morgan fingerprint density at radius 1 is 1.00 bits per heavy atom. The van der Waals surface area contributed by atoms with Gasteiger partial charge in [-0.3, -0.25) is 0 Å². The summed E-state index contributed by atoms with van der Waals surface area (Å²) >= 11 is 1.64. The van der Waals surface area contributed by atoms with Crippen molar-refractivity contribution in [2.24, 2.45) is 0 Å². The number of thiazole rings is 1. The van der Waals surface area contributed by atoms with Crippen LogP contribution in [0.1, 0.15) is 11.1 Å². The van der Waals surface area contributed by atoms with Crippen LogP contribution in [0.25, 0.3) is 21.8 Å². The van der Waals surface area contributed by atoms with E-state index in [9.17, 15) is 0 Å². The highest BCUT2D eigenvalue weighted by atomic mass is 32.1. The lowest BCUT2D eigenvalue weighted by Crippen LogP contribution is -1.89. The van der Waals surface area contributed by atoms with Crippen molar-refractivity contribution in [3.05, 3.63) is 59.0 Å². The van der Waals surface area contributed by atoms with Crippen LogP contribution in [0, 0.1) is 13.8 Å². The van der Waals surface area contributed by atoms with Gasteiger partial charge in [-0.25, -0.2) is 4.98 Å². The number of hydrogen-bond acceptors (Lipinski definition) is 3. The van der Waals surface area contributed by atoms with Gasteiger partial charge in [0.25, 0.3) is 0 Å². The van der Waals surface area contributed by atoms with Crippen LogP contribution in [0.5, 0.6) is 0 Å². The first kappa shape index (κ1) is 12.9. The molecule has 20 heavy (non-hydrogen) atoms. The van der Waals surface area contributed by atoms with Crippen LogP contribution in [0.2, 0.25) is 0 Å². The quantitative estimate of drug-likeness (QED) is 0.692. The van der Waals surface area contributed by atoms with Crippen molar-refractivity contribution in [2.45, 2.75) is 13.8 Å². The number of rotatable bonds is 2. The molecule has 1 aromatic heterocycles. The van der Waals surface area contributed by atoms with Crippen molar-refractivity contribution in [1.82, 2.24) is 4.98 Å². The Hall–Kier alpha value is -2.13. The number of hydrogen-bond donors (Lipinski definition) is 1. The summed E-state index contributed by atoms with van der Waals surface area (Å²) in [5.74, 6) is 0. The molecule has 0 saturated heterocycles. The number of aromatic nitrogens is 1. The molecule has 3 aromatic rings. The summed E-state index contributed by atoms with van der Waals surface area (Å²) in [5.41, 5.74) is 12.5. The molecule has 100 valence electrons. The van der Waals surface area contributed by atoms with Gasteiger partial charge >= 0.3 is 0 Å². The highest BCUT2D eigenvalue weighted by Crippen LogP contribution is 2.33. The van der Waals surface area contributed by atoms with Gasteiger partial charge in [-0.05, 0) is 37.6 Å². The minimum absolute atomic E-state index is 0.773. The number of aryl methyl sites for hydroxylation is 2. The fourth-order valence-electron chi connectivity index (χ4n) is 2.22. The van der Waals surface area contributed by atoms with Crippen LogP contribution in [-0.4, -0.2) is 4.98 Å². The maximum Gasteiger partial charge on any atom is 0.126 e. The Labute approximate surface area is 122 Å². The van der Waals surface area contributed by atoms with Crippen LogP contribution in [0.4, 0.5) is 5.69 Å². The molecule has 2 N–H and O–H groups in total. The average Bonchev–Trinajstić information content (AvgIpc) is 2.91. The summed E-state index contributed by atoms with van der Waals surface area (Å²) in [6.45, 7) is 4.22. The summed E-state index contributed by atoms with van der Waals surface area (Å²) in [7, 11) is 0. The number of benzene rings is 2. The Morgan fingerprint density at radius 3 is 2.60 bits per heavy atom. The summed E-state index contributed by atoms with van der Waals surface area (Å²) in [5, 5.41) is 3.07. The topological polar surface area (TPSA) is 38.9 Å². The minimum Gasteiger partial charge on any atom is -0.398 e. The van der Waals surface area contributed by atoms with Crippen LogP contribution in [0.15, 0.2) is 47.8 Å². The SMILES string of the molecule is Cc1ccc(C)c(-c2csc(-c3ccccc3N)n2)c1. The van der Waals surface area contributed by atoms with Crippen molar-refractivity contribution in [2.75, 3.05) is 5.73 Å². The Balaban J connectivity index is 2.07. The lowest BCUT2D eigenvalue weighted by Gasteiger charge is -2.04. The van der Waals surface area contributed by atoms with Gasteiger partial charge in [-0.15, -0.1) is 11.3 Å². The van der Waals surface area contributed by atoms with Gasteiger partial charge < -0.3 is 5.73 Å². The summed E-state index contributed by atoms with van der Waals surface area (Å²) in [6.07, 6.45) is 0. The van der Waals surface area contributed by atoms with Gasteiger partial charge in [-0.2, -0.15) is 0 Å². The molecule has 0 unspecified atom stereocenters. The largest absolute Gasteiger partial charge is 0.398 e. The molecule has 0 saturated carbocycles. The first-order valence-electron chi connectivity index (χ1n) is 6.53. The van der Waals surface area contributed by atoms with Crippen molar-refractivity contribution in [1.29, 1.82) is 0 Å². The van der Waals surface area contributed by atoms with E-state index in [2.05, 4.69) is 37.4 Å². The maximum absolute atomic E-state index is 6.02. The molecule has 3 rings (SSSR count). The maximum atomic E-state index is 6.02. The van der Waals surface area contributed by atoms with Crippen molar-refractivity contribution in [3.63, 3.8) is 0 Å². The van der Waals surface area contributed by atoms with Gasteiger partial charge in [0.1, 0.15) is 5.01 Å². The standard InChI is InChI=1S/C17H16N2S/c1-11-7-8-12(2)14(9-11)16-10-20-17(19-16)13-5-3-4-6-15(13)18/h3-10H,18H2,1-2H3. The van der Waals surface area contributed by atoms with Crippen LogP contribution in [-0.2, 0) is 0 Å². The molecule has 0 fully saturated rings. The van der Waals surface area contributed by atoms with Crippen LogP contribution in [0.3, 0.4) is 0 Å². The minimum atomic E-state index is 0.773. The fraction of sp³-hybridized carbons (Fsp3) is 0.118. The molecule has 2 aromatic carbocycles. The van der Waals surface area contributed by atoms with E-state index in [0.29, 0.717) is 0 Å². The average molecular weight is 280 g/mol.